The smallest absolute Gasteiger partial charge is 0.107 e. The molecule has 0 aliphatic heterocycles. The van der Waals surface area contributed by atoms with E-state index in [9.17, 15) is 0 Å². The molecule has 0 fully saturated rings. The molecule has 2 aliphatic carbocycles. The Bertz CT molecular complexity index is 836. The molecule has 0 bridgehead atoms. The third kappa shape index (κ3) is 5.60. The van der Waals surface area contributed by atoms with Crippen molar-refractivity contribution in [3.63, 3.8) is 0 Å². The molecule has 0 saturated heterocycles. The van der Waals surface area contributed by atoms with Crippen molar-refractivity contribution < 1.29 is 4.74 Å². The Morgan fingerprint density at radius 2 is 1.03 bits per heavy atom. The second-order valence-corrected chi connectivity index (χ2v) is 7.91. The van der Waals surface area contributed by atoms with Crippen LogP contribution in [0.3, 0.4) is 0 Å². The molecule has 0 atom stereocenters. The average Bonchev–Trinajstić information content (AvgIpc) is 2.81. The summed E-state index contributed by atoms with van der Waals surface area (Å²) in [5.74, 6) is 2.32. The minimum absolute atomic E-state index is 0.866. The lowest BCUT2D eigenvalue weighted by Crippen LogP contribution is -2.08. The second kappa shape index (κ2) is 10.1. The molecule has 0 amide bonds. The van der Waals surface area contributed by atoms with E-state index in [1.807, 2.05) is 0 Å². The van der Waals surface area contributed by atoms with Gasteiger partial charge < -0.3 is 4.74 Å². The van der Waals surface area contributed by atoms with Gasteiger partial charge in [0.25, 0.3) is 0 Å². The van der Waals surface area contributed by atoms with E-state index < -0.39 is 0 Å². The van der Waals surface area contributed by atoms with E-state index >= 15 is 0 Å². The lowest BCUT2D eigenvalue weighted by molar-refractivity contribution is 0.274. The maximum atomic E-state index is 6.83. The van der Waals surface area contributed by atoms with Gasteiger partial charge in [-0.05, 0) is 60.8 Å². The molecule has 2 aromatic carbocycles. The van der Waals surface area contributed by atoms with Crippen LogP contribution in [0.2, 0.25) is 0 Å². The third-order valence-corrected chi connectivity index (χ3v) is 5.74. The summed E-state index contributed by atoms with van der Waals surface area (Å²) in [7, 11) is 0. The van der Waals surface area contributed by atoms with Crippen LogP contribution in [0.25, 0.3) is 0 Å². The zero-order chi connectivity index (χ0) is 19.7. The van der Waals surface area contributed by atoms with Crippen molar-refractivity contribution in [2.75, 3.05) is 0 Å². The number of ether oxygens (including phenoxy) is 1. The van der Waals surface area contributed by atoms with Crippen LogP contribution in [0, 0.1) is 0 Å². The zero-order valence-corrected chi connectivity index (χ0v) is 17.1. The molecule has 1 nitrogen and oxygen atoms in total. The summed E-state index contributed by atoms with van der Waals surface area (Å²) < 4.78 is 6.83. The lowest BCUT2D eigenvalue weighted by Gasteiger charge is -2.23. The molecule has 2 aliphatic rings. The van der Waals surface area contributed by atoms with Crippen LogP contribution < -0.4 is 0 Å². The maximum absolute atomic E-state index is 6.83. The fraction of sp³-hybridized carbons (Fsp3) is 0.286. The summed E-state index contributed by atoms with van der Waals surface area (Å²) in [5.41, 5.74) is 5.54. The van der Waals surface area contributed by atoms with Gasteiger partial charge >= 0.3 is 0 Å². The van der Waals surface area contributed by atoms with Gasteiger partial charge in [-0.2, -0.15) is 0 Å². The minimum Gasteiger partial charge on any atom is -0.465 e. The molecule has 0 saturated carbocycles. The first-order valence-corrected chi connectivity index (χ1v) is 10.9. The number of hydrogen-bond acceptors (Lipinski definition) is 1. The summed E-state index contributed by atoms with van der Waals surface area (Å²) in [6.07, 6.45) is 17.4. The number of hydrogen-bond donors (Lipinski definition) is 0. The molecule has 1 heteroatoms. The van der Waals surface area contributed by atoms with Crippen LogP contribution in [-0.2, 0) is 17.6 Å². The average molecular weight is 383 g/mol. The fourth-order valence-corrected chi connectivity index (χ4v) is 4.09. The Kier molecular flexibility index (Phi) is 6.81. The maximum Gasteiger partial charge on any atom is 0.107 e. The van der Waals surface area contributed by atoms with Gasteiger partial charge in [-0.25, -0.2) is 0 Å². The van der Waals surface area contributed by atoms with Gasteiger partial charge in [0, 0.05) is 12.8 Å². The molecule has 4 rings (SSSR count). The van der Waals surface area contributed by atoms with Crippen molar-refractivity contribution in [1.29, 1.82) is 0 Å². The molecule has 0 N–H and O–H groups in total. The summed E-state index contributed by atoms with van der Waals surface area (Å²) >= 11 is 0. The Balaban J connectivity index is 1.66. The van der Waals surface area contributed by atoms with Gasteiger partial charge in [-0.1, -0.05) is 85.0 Å². The number of allylic oxidation sites excluding steroid dienone is 8. The molecule has 29 heavy (non-hydrogen) atoms. The van der Waals surface area contributed by atoms with Gasteiger partial charge in [0.05, 0.1) is 0 Å². The molecule has 2 aromatic rings. The predicted molar refractivity (Wildman–Crippen MR) is 121 cm³/mol. The Morgan fingerprint density at radius 3 is 1.41 bits per heavy atom. The standard InChI is InChI=1S/C28H30O/c1-5-13-23(14-6-1)21-27(25-17-9-3-10-18-25)29-28(26-19-11-4-12-20-26)22-24-15-7-2-8-16-24/h1-9,11,13-16H,10,12,17-22H2. The van der Waals surface area contributed by atoms with Gasteiger partial charge in [-0.3, -0.25) is 0 Å². The molecule has 0 heterocycles. The Labute approximate surface area is 175 Å². The largest absolute Gasteiger partial charge is 0.465 e. The first kappa shape index (κ1) is 19.5. The predicted octanol–water partition coefficient (Wildman–Crippen LogP) is 7.48. The summed E-state index contributed by atoms with van der Waals surface area (Å²) in [5, 5.41) is 0. The van der Waals surface area contributed by atoms with Crippen LogP contribution in [-0.4, -0.2) is 0 Å². The van der Waals surface area contributed by atoms with Crippen molar-refractivity contribution in [3.8, 4) is 0 Å². The summed E-state index contributed by atoms with van der Waals surface area (Å²) in [4.78, 5) is 0. The quantitative estimate of drug-likeness (QED) is 0.372. The first-order chi connectivity index (χ1) is 14.4. The highest BCUT2D eigenvalue weighted by molar-refractivity contribution is 5.30. The summed E-state index contributed by atoms with van der Waals surface area (Å²) in [6, 6.07) is 21.5. The van der Waals surface area contributed by atoms with Gasteiger partial charge in [0.15, 0.2) is 0 Å². The minimum atomic E-state index is 0.866. The Hall–Kier alpha value is -2.80. The van der Waals surface area contributed by atoms with Crippen LogP contribution in [0.4, 0.5) is 0 Å². The van der Waals surface area contributed by atoms with E-state index in [0.717, 1.165) is 62.9 Å². The fourth-order valence-electron chi connectivity index (χ4n) is 4.09. The van der Waals surface area contributed by atoms with Crippen molar-refractivity contribution in [3.05, 3.63) is 119 Å². The van der Waals surface area contributed by atoms with Crippen LogP contribution in [0.5, 0.6) is 0 Å². The van der Waals surface area contributed by atoms with E-state index in [1.165, 1.54) is 22.3 Å². The van der Waals surface area contributed by atoms with E-state index in [-0.39, 0.29) is 0 Å². The normalized spacial score (nSPS) is 19.7. The lowest BCUT2D eigenvalue weighted by atomic mass is 9.95. The zero-order valence-electron chi connectivity index (χ0n) is 17.1. The number of benzene rings is 2. The second-order valence-electron chi connectivity index (χ2n) is 7.91. The monoisotopic (exact) mass is 382 g/mol. The van der Waals surface area contributed by atoms with E-state index in [1.54, 1.807) is 0 Å². The van der Waals surface area contributed by atoms with Crippen LogP contribution in [0.1, 0.15) is 49.7 Å². The number of rotatable bonds is 6. The van der Waals surface area contributed by atoms with Gasteiger partial charge in [0.2, 0.25) is 0 Å². The van der Waals surface area contributed by atoms with Crippen molar-refractivity contribution in [2.24, 2.45) is 0 Å². The molecule has 0 spiro atoms. The Morgan fingerprint density at radius 1 is 0.586 bits per heavy atom. The third-order valence-electron chi connectivity index (χ3n) is 5.74. The molecule has 148 valence electrons. The molecule has 0 radical (unpaired) electrons. The van der Waals surface area contributed by atoms with Crippen LogP contribution in [0.15, 0.2) is 108 Å². The van der Waals surface area contributed by atoms with Gasteiger partial charge in [0.1, 0.15) is 11.5 Å². The molecular formula is C28H30O. The SMILES string of the molecule is C1=CCC(=C(Cc2ccccc2)OC(Cc2ccccc2)=C2CC=CCC2)CC1. The van der Waals surface area contributed by atoms with E-state index in [2.05, 4.69) is 85.0 Å². The molecule has 0 unspecified atom stereocenters. The first-order valence-electron chi connectivity index (χ1n) is 10.9. The molecule has 0 aromatic heterocycles. The topological polar surface area (TPSA) is 9.23 Å². The highest BCUT2D eigenvalue weighted by Crippen LogP contribution is 2.31. The van der Waals surface area contributed by atoms with Crippen molar-refractivity contribution >= 4 is 0 Å². The summed E-state index contributed by atoms with van der Waals surface area (Å²) in [6.45, 7) is 0. The van der Waals surface area contributed by atoms with Crippen molar-refractivity contribution in [1.82, 2.24) is 0 Å². The van der Waals surface area contributed by atoms with Gasteiger partial charge in [-0.15, -0.1) is 0 Å². The van der Waals surface area contributed by atoms with E-state index in [0.29, 0.717) is 0 Å². The molecular weight excluding hydrogens is 352 g/mol. The van der Waals surface area contributed by atoms with E-state index in [4.69, 9.17) is 4.74 Å². The van der Waals surface area contributed by atoms with Crippen molar-refractivity contribution in [2.45, 2.75) is 51.4 Å². The highest BCUT2D eigenvalue weighted by atomic mass is 16.5. The highest BCUT2D eigenvalue weighted by Gasteiger charge is 2.17. The van der Waals surface area contributed by atoms with Crippen LogP contribution >= 0.6 is 0 Å².